The van der Waals surface area contributed by atoms with Crippen LogP contribution in [0.2, 0.25) is 0 Å². The van der Waals surface area contributed by atoms with Crippen molar-refractivity contribution in [2.75, 3.05) is 27.4 Å². The Bertz CT molecular complexity index is 1190. The van der Waals surface area contributed by atoms with Crippen molar-refractivity contribution in [2.45, 2.75) is 20.4 Å². The molecule has 0 atom stereocenters. The SMILES string of the molecule is CCOC(=O)c1nc2nc3cc(OC)c(OC)cc3cc2c(=O)n1CCOC(C)=O. The van der Waals surface area contributed by atoms with Gasteiger partial charge in [0.15, 0.2) is 17.1 Å². The number of fused-ring (bicyclic) bond motifs is 2. The van der Waals surface area contributed by atoms with Crippen molar-refractivity contribution in [3.63, 3.8) is 0 Å². The molecule has 0 saturated heterocycles. The number of carbonyl (C=O) groups is 2. The molecule has 0 spiro atoms. The molecule has 0 fully saturated rings. The van der Waals surface area contributed by atoms with Crippen LogP contribution in [0, 0.1) is 0 Å². The maximum absolute atomic E-state index is 13.1. The lowest BCUT2D eigenvalue weighted by Gasteiger charge is -2.13. The van der Waals surface area contributed by atoms with Crippen molar-refractivity contribution in [1.29, 1.82) is 0 Å². The molecular weight excluding hydrogens is 394 g/mol. The van der Waals surface area contributed by atoms with Gasteiger partial charge in [0, 0.05) is 18.4 Å². The van der Waals surface area contributed by atoms with Crippen LogP contribution < -0.4 is 15.0 Å². The van der Waals surface area contributed by atoms with Gasteiger partial charge in [0.25, 0.3) is 5.56 Å². The summed E-state index contributed by atoms with van der Waals surface area (Å²) < 4.78 is 21.6. The second-order valence-corrected chi connectivity index (χ2v) is 6.21. The molecule has 3 aromatic rings. The summed E-state index contributed by atoms with van der Waals surface area (Å²) in [7, 11) is 3.01. The van der Waals surface area contributed by atoms with E-state index in [9.17, 15) is 14.4 Å². The van der Waals surface area contributed by atoms with Crippen molar-refractivity contribution < 1.29 is 28.5 Å². The minimum absolute atomic E-state index is 0.0561. The topological polar surface area (TPSA) is 119 Å². The highest BCUT2D eigenvalue weighted by molar-refractivity contribution is 5.94. The third kappa shape index (κ3) is 4.02. The lowest BCUT2D eigenvalue weighted by Crippen LogP contribution is -2.31. The number of ether oxygens (including phenoxy) is 4. The van der Waals surface area contributed by atoms with Crippen LogP contribution in [0.1, 0.15) is 24.5 Å². The highest BCUT2D eigenvalue weighted by Gasteiger charge is 2.20. The van der Waals surface area contributed by atoms with Crippen molar-refractivity contribution in [3.05, 3.63) is 34.4 Å². The predicted molar refractivity (Wildman–Crippen MR) is 107 cm³/mol. The van der Waals surface area contributed by atoms with Crippen LogP contribution in [0.5, 0.6) is 11.5 Å². The molecule has 0 bridgehead atoms. The fourth-order valence-electron chi connectivity index (χ4n) is 2.98. The molecule has 10 heteroatoms. The first-order chi connectivity index (χ1) is 14.4. The summed E-state index contributed by atoms with van der Waals surface area (Å²) in [6.07, 6.45) is 0. The van der Waals surface area contributed by atoms with Crippen LogP contribution in [0.15, 0.2) is 23.0 Å². The third-order valence-corrected chi connectivity index (χ3v) is 4.32. The van der Waals surface area contributed by atoms with E-state index >= 15 is 0 Å². The van der Waals surface area contributed by atoms with Crippen molar-refractivity contribution >= 4 is 33.9 Å². The van der Waals surface area contributed by atoms with Crippen molar-refractivity contribution in [3.8, 4) is 11.5 Å². The molecule has 10 nitrogen and oxygen atoms in total. The van der Waals surface area contributed by atoms with E-state index < -0.39 is 17.5 Å². The molecule has 3 rings (SSSR count). The van der Waals surface area contributed by atoms with Crippen molar-refractivity contribution in [2.24, 2.45) is 0 Å². The van der Waals surface area contributed by atoms with E-state index in [2.05, 4.69) is 9.97 Å². The second-order valence-electron chi connectivity index (χ2n) is 6.21. The quantitative estimate of drug-likeness (QED) is 0.419. The molecule has 0 aliphatic carbocycles. The van der Waals surface area contributed by atoms with E-state index in [0.29, 0.717) is 22.4 Å². The molecular formula is C20H21N3O7. The third-order valence-electron chi connectivity index (χ3n) is 4.32. The fraction of sp³-hybridized carbons (Fsp3) is 0.350. The summed E-state index contributed by atoms with van der Waals surface area (Å²) in [4.78, 5) is 45.3. The van der Waals surface area contributed by atoms with Crippen molar-refractivity contribution in [1.82, 2.24) is 14.5 Å². The van der Waals surface area contributed by atoms with Gasteiger partial charge in [0.05, 0.1) is 38.3 Å². The minimum Gasteiger partial charge on any atom is -0.493 e. The first-order valence-corrected chi connectivity index (χ1v) is 9.17. The van der Waals surface area contributed by atoms with E-state index in [-0.39, 0.29) is 36.6 Å². The van der Waals surface area contributed by atoms with Gasteiger partial charge in [-0.2, -0.15) is 0 Å². The van der Waals surface area contributed by atoms with Crippen LogP contribution in [0.3, 0.4) is 0 Å². The number of hydrogen-bond donors (Lipinski definition) is 0. The molecule has 0 N–H and O–H groups in total. The smallest absolute Gasteiger partial charge is 0.374 e. The first-order valence-electron chi connectivity index (χ1n) is 9.17. The van der Waals surface area contributed by atoms with Crippen LogP contribution in [-0.2, 0) is 20.8 Å². The maximum atomic E-state index is 13.1. The molecule has 2 aromatic heterocycles. The van der Waals surface area contributed by atoms with E-state index in [1.807, 2.05) is 0 Å². The molecule has 0 amide bonds. The Hall–Kier alpha value is -3.69. The number of methoxy groups -OCH3 is 2. The molecule has 1 aromatic carbocycles. The van der Waals surface area contributed by atoms with Gasteiger partial charge in [-0.1, -0.05) is 0 Å². The molecule has 0 unspecified atom stereocenters. The van der Waals surface area contributed by atoms with E-state index in [0.717, 1.165) is 4.57 Å². The average molecular weight is 415 g/mol. The maximum Gasteiger partial charge on any atom is 0.374 e. The van der Waals surface area contributed by atoms with Gasteiger partial charge in [0.2, 0.25) is 5.82 Å². The molecule has 0 aliphatic heterocycles. The Morgan fingerprint density at radius 2 is 1.73 bits per heavy atom. The lowest BCUT2D eigenvalue weighted by molar-refractivity contribution is -0.141. The van der Waals surface area contributed by atoms with Gasteiger partial charge in [-0.25, -0.2) is 14.8 Å². The lowest BCUT2D eigenvalue weighted by atomic mass is 10.1. The van der Waals surface area contributed by atoms with Crippen LogP contribution in [-0.4, -0.2) is 53.9 Å². The average Bonchev–Trinajstić information content (AvgIpc) is 2.72. The van der Waals surface area contributed by atoms with Gasteiger partial charge >= 0.3 is 11.9 Å². The highest BCUT2D eigenvalue weighted by atomic mass is 16.5. The van der Waals surface area contributed by atoms with E-state index in [1.165, 1.54) is 21.1 Å². The Kier molecular flexibility index (Phi) is 6.14. The van der Waals surface area contributed by atoms with Gasteiger partial charge in [0.1, 0.15) is 6.61 Å². The predicted octanol–water partition coefficient (Wildman–Crippen LogP) is 1.70. The normalized spacial score (nSPS) is 10.8. The number of aromatic nitrogens is 3. The largest absolute Gasteiger partial charge is 0.493 e. The molecule has 0 saturated carbocycles. The van der Waals surface area contributed by atoms with Gasteiger partial charge < -0.3 is 18.9 Å². The first kappa shape index (κ1) is 21.0. The van der Waals surface area contributed by atoms with E-state index in [1.54, 1.807) is 25.1 Å². The second kappa shape index (κ2) is 8.76. The summed E-state index contributed by atoms with van der Waals surface area (Å²) in [5.74, 6) is -0.528. The number of carbonyl (C=O) groups excluding carboxylic acids is 2. The zero-order valence-corrected chi connectivity index (χ0v) is 17.1. The molecule has 158 valence electrons. The van der Waals surface area contributed by atoms with Gasteiger partial charge in [-0.3, -0.25) is 14.2 Å². The van der Waals surface area contributed by atoms with Crippen LogP contribution >= 0.6 is 0 Å². The number of hydrogen-bond acceptors (Lipinski definition) is 9. The minimum atomic E-state index is -0.770. The number of nitrogens with zero attached hydrogens (tertiary/aromatic N) is 3. The summed E-state index contributed by atoms with van der Waals surface area (Å²) in [6.45, 7) is 2.86. The fourth-order valence-corrected chi connectivity index (χ4v) is 2.98. The van der Waals surface area contributed by atoms with Gasteiger partial charge in [-0.15, -0.1) is 0 Å². The number of rotatable bonds is 7. The van der Waals surface area contributed by atoms with Crippen LogP contribution in [0.25, 0.3) is 21.9 Å². The number of pyridine rings is 1. The standard InChI is InChI=1S/C20H21N3O7/c1-5-29-20(26)18-22-17-13(19(25)23(18)6-7-30-11(2)24)8-12-9-15(27-3)16(28-4)10-14(12)21-17/h8-10H,5-7H2,1-4H3. The number of benzene rings is 1. The Morgan fingerprint density at radius 3 is 2.37 bits per heavy atom. The zero-order valence-electron chi connectivity index (χ0n) is 17.1. The zero-order chi connectivity index (χ0) is 21.8. The molecule has 0 aliphatic rings. The Morgan fingerprint density at radius 1 is 1.03 bits per heavy atom. The van der Waals surface area contributed by atoms with Gasteiger partial charge in [-0.05, 0) is 19.1 Å². The summed E-state index contributed by atoms with van der Waals surface area (Å²) in [6, 6.07) is 4.97. The Labute approximate surface area is 171 Å². The molecule has 0 radical (unpaired) electrons. The highest BCUT2D eigenvalue weighted by Crippen LogP contribution is 2.32. The number of esters is 2. The molecule has 2 heterocycles. The van der Waals surface area contributed by atoms with Crippen LogP contribution in [0.4, 0.5) is 0 Å². The summed E-state index contributed by atoms with van der Waals surface area (Å²) in [5.41, 5.74) is 0.102. The van der Waals surface area contributed by atoms with E-state index in [4.69, 9.17) is 18.9 Å². The molecule has 30 heavy (non-hydrogen) atoms. The summed E-state index contributed by atoms with van der Waals surface area (Å²) >= 11 is 0. The monoisotopic (exact) mass is 415 g/mol. The Balaban J connectivity index is 2.24. The summed E-state index contributed by atoms with van der Waals surface area (Å²) in [5, 5.41) is 0.833.